The number of hydrogen-bond donors (Lipinski definition) is 3. The zero-order valence-electron chi connectivity index (χ0n) is 9.28. The number of rotatable bonds is 4. The lowest BCUT2D eigenvalue weighted by atomic mass is 10.1. The van der Waals surface area contributed by atoms with Crippen molar-refractivity contribution < 1.29 is 19.6 Å². The molecule has 1 amide bonds. The molecule has 88 valence electrons. The quantitative estimate of drug-likeness (QED) is 0.550. The van der Waals surface area contributed by atoms with E-state index >= 15 is 0 Å². The average molecular weight is 217 g/mol. The molecule has 0 aliphatic carbocycles. The molecule has 5 nitrogen and oxygen atoms in total. The van der Waals surface area contributed by atoms with E-state index in [1.165, 1.54) is 13.3 Å². The van der Waals surface area contributed by atoms with E-state index in [0.29, 0.717) is 11.1 Å². The Labute approximate surface area is 90.3 Å². The van der Waals surface area contributed by atoms with Crippen LogP contribution in [0.25, 0.3) is 0 Å². The van der Waals surface area contributed by atoms with Gasteiger partial charge in [0.1, 0.15) is 25.7 Å². The molecule has 1 aliphatic heterocycles. The highest BCUT2D eigenvalue weighted by atomic mass is 16.3. The van der Waals surface area contributed by atoms with Gasteiger partial charge in [-0.25, -0.2) is 4.59 Å². The molecule has 1 saturated heterocycles. The van der Waals surface area contributed by atoms with Crippen molar-refractivity contribution in [2.45, 2.75) is 32.3 Å². The van der Waals surface area contributed by atoms with Crippen molar-refractivity contribution in [3.8, 4) is 0 Å². The van der Waals surface area contributed by atoms with Crippen molar-refractivity contribution in [2.24, 2.45) is 0 Å². The first-order chi connectivity index (χ1) is 7.09. The summed E-state index contributed by atoms with van der Waals surface area (Å²) in [6.07, 6.45) is 2.30. The van der Waals surface area contributed by atoms with E-state index in [-0.39, 0.29) is 12.5 Å². The summed E-state index contributed by atoms with van der Waals surface area (Å²) in [6.45, 7) is 3.73. The molecule has 0 aromatic rings. The van der Waals surface area contributed by atoms with Crippen LogP contribution in [0.2, 0.25) is 0 Å². The van der Waals surface area contributed by atoms with Crippen LogP contribution in [-0.2, 0) is 4.79 Å². The number of carbonyl (C=O) groups excluding carboxylic acids is 1. The molecule has 15 heavy (non-hydrogen) atoms. The highest BCUT2D eigenvalue weighted by Gasteiger charge is 2.32. The van der Waals surface area contributed by atoms with E-state index in [1.807, 2.05) is 0 Å². The van der Waals surface area contributed by atoms with Crippen molar-refractivity contribution in [2.75, 3.05) is 26.2 Å². The van der Waals surface area contributed by atoms with Crippen LogP contribution in [0.3, 0.4) is 0 Å². The van der Waals surface area contributed by atoms with Gasteiger partial charge in [-0.2, -0.15) is 5.43 Å². The molecule has 1 rings (SSSR count). The summed E-state index contributed by atoms with van der Waals surface area (Å²) in [7, 11) is 0. The highest BCUT2D eigenvalue weighted by Crippen LogP contribution is 2.15. The number of aliphatic hydroxyl groups excluding tert-OH is 2. The molecule has 0 aromatic carbocycles. The monoisotopic (exact) mass is 217 g/mol. The molecule has 0 saturated carbocycles. The third kappa shape index (κ3) is 3.44. The predicted molar refractivity (Wildman–Crippen MR) is 55.6 cm³/mol. The van der Waals surface area contributed by atoms with Crippen molar-refractivity contribution >= 4 is 5.91 Å². The second kappa shape index (κ2) is 5.44. The van der Waals surface area contributed by atoms with Gasteiger partial charge in [-0.3, -0.25) is 4.79 Å². The molecule has 0 spiro atoms. The fourth-order valence-corrected chi connectivity index (χ4v) is 2.03. The minimum Gasteiger partial charge on any atom is -0.390 e. The second-order valence-corrected chi connectivity index (χ2v) is 4.25. The standard InChI is InChI=1S/C10H20N2O3/c1-9(14)10(15)11-12(7-8-13)5-3-2-4-6-12/h9,13-14H,2-8H2,1H3/p+1. The van der Waals surface area contributed by atoms with Gasteiger partial charge in [-0.1, -0.05) is 0 Å². The van der Waals surface area contributed by atoms with Crippen molar-refractivity contribution in [1.29, 1.82) is 0 Å². The number of nitrogens with one attached hydrogen (secondary N) is 1. The van der Waals surface area contributed by atoms with E-state index in [9.17, 15) is 4.79 Å². The number of carbonyl (C=O) groups is 1. The lowest BCUT2D eigenvalue weighted by Crippen LogP contribution is -2.64. The maximum Gasteiger partial charge on any atom is 0.293 e. The number of aliphatic hydroxyl groups is 2. The topological polar surface area (TPSA) is 69.6 Å². The van der Waals surface area contributed by atoms with Crippen molar-refractivity contribution in [1.82, 2.24) is 5.43 Å². The maximum atomic E-state index is 11.4. The van der Waals surface area contributed by atoms with Gasteiger partial charge >= 0.3 is 0 Å². The summed E-state index contributed by atoms with van der Waals surface area (Å²) >= 11 is 0. The van der Waals surface area contributed by atoms with Gasteiger partial charge in [0.2, 0.25) is 0 Å². The fraction of sp³-hybridized carbons (Fsp3) is 0.900. The first-order valence-electron chi connectivity index (χ1n) is 5.57. The van der Waals surface area contributed by atoms with E-state index in [4.69, 9.17) is 10.2 Å². The zero-order valence-corrected chi connectivity index (χ0v) is 9.28. The largest absolute Gasteiger partial charge is 0.390 e. The molecule has 1 atom stereocenters. The van der Waals surface area contributed by atoms with Crippen molar-refractivity contribution in [3.05, 3.63) is 0 Å². The third-order valence-corrected chi connectivity index (χ3v) is 2.93. The van der Waals surface area contributed by atoms with Crippen LogP contribution in [0.5, 0.6) is 0 Å². The normalized spacial score (nSPS) is 22.1. The summed E-state index contributed by atoms with van der Waals surface area (Å²) in [5, 5.41) is 18.2. The van der Waals surface area contributed by atoms with E-state index < -0.39 is 6.10 Å². The first kappa shape index (κ1) is 12.4. The molecule has 1 aliphatic rings. The SMILES string of the molecule is CC(O)C(=O)N[N+]1(CCO)CCCCC1. The molecule has 0 bridgehead atoms. The van der Waals surface area contributed by atoms with Gasteiger partial charge < -0.3 is 10.2 Å². The molecule has 3 N–H and O–H groups in total. The Bertz CT molecular complexity index is 207. The van der Waals surface area contributed by atoms with Crippen LogP contribution >= 0.6 is 0 Å². The summed E-state index contributed by atoms with van der Waals surface area (Å²) < 4.78 is 0.417. The third-order valence-electron chi connectivity index (χ3n) is 2.93. The Morgan fingerprint density at radius 3 is 2.47 bits per heavy atom. The molecule has 5 heteroatoms. The van der Waals surface area contributed by atoms with Crippen molar-refractivity contribution in [3.63, 3.8) is 0 Å². The Morgan fingerprint density at radius 1 is 1.40 bits per heavy atom. The maximum absolute atomic E-state index is 11.4. The van der Waals surface area contributed by atoms with Gasteiger partial charge in [-0.15, -0.1) is 0 Å². The molecule has 1 heterocycles. The number of amides is 1. The first-order valence-corrected chi connectivity index (χ1v) is 5.57. The molecular formula is C10H21N2O3+. The Kier molecular flexibility index (Phi) is 4.50. The lowest BCUT2D eigenvalue weighted by Gasteiger charge is -2.40. The zero-order chi connectivity index (χ0) is 11.3. The Hall–Kier alpha value is -0.650. The van der Waals surface area contributed by atoms with Gasteiger partial charge in [0.05, 0.1) is 6.61 Å². The van der Waals surface area contributed by atoms with Gasteiger partial charge in [-0.05, 0) is 26.2 Å². The fourth-order valence-electron chi connectivity index (χ4n) is 2.03. The van der Waals surface area contributed by atoms with Crippen LogP contribution in [-0.4, -0.2) is 53.1 Å². The number of hydrogen-bond acceptors (Lipinski definition) is 3. The Balaban J connectivity index is 2.59. The van der Waals surface area contributed by atoms with Gasteiger partial charge in [0, 0.05) is 0 Å². The summed E-state index contributed by atoms with van der Waals surface area (Å²) in [5.74, 6) is -0.356. The number of quaternary nitrogens is 1. The Morgan fingerprint density at radius 2 is 2.00 bits per heavy atom. The highest BCUT2D eigenvalue weighted by molar-refractivity contribution is 5.78. The molecule has 1 unspecified atom stereocenters. The summed E-state index contributed by atoms with van der Waals surface area (Å²) in [6, 6.07) is 0. The van der Waals surface area contributed by atoms with Gasteiger partial charge in [0.25, 0.3) is 5.91 Å². The van der Waals surface area contributed by atoms with Crippen LogP contribution < -0.4 is 5.43 Å². The number of nitrogens with zero attached hydrogens (tertiary/aromatic N) is 1. The molecule has 1 fully saturated rings. The van der Waals surface area contributed by atoms with E-state index in [2.05, 4.69) is 5.43 Å². The van der Waals surface area contributed by atoms with E-state index in [1.54, 1.807) is 0 Å². The van der Waals surface area contributed by atoms with Crippen LogP contribution in [0.1, 0.15) is 26.2 Å². The van der Waals surface area contributed by atoms with E-state index in [0.717, 1.165) is 25.9 Å². The minimum absolute atomic E-state index is 0.0556. The smallest absolute Gasteiger partial charge is 0.293 e. The van der Waals surface area contributed by atoms with Gasteiger partial charge in [0.15, 0.2) is 0 Å². The number of piperidine rings is 1. The predicted octanol–water partition coefficient (Wildman–Crippen LogP) is -0.609. The minimum atomic E-state index is -0.986. The average Bonchev–Trinajstić information content (AvgIpc) is 2.19. The van der Waals surface area contributed by atoms with Crippen LogP contribution in [0, 0.1) is 0 Å². The molecule has 0 aromatic heterocycles. The molecule has 0 radical (unpaired) electrons. The summed E-state index contributed by atoms with van der Waals surface area (Å²) in [5.41, 5.74) is 2.82. The number of likely N-dealkylation sites (tertiary alicyclic amines) is 1. The van der Waals surface area contributed by atoms with Crippen LogP contribution in [0.15, 0.2) is 0 Å². The lowest BCUT2D eigenvalue weighted by molar-refractivity contribution is -0.965. The summed E-state index contributed by atoms with van der Waals surface area (Å²) in [4.78, 5) is 11.4. The molecular weight excluding hydrogens is 196 g/mol. The van der Waals surface area contributed by atoms with Crippen LogP contribution in [0.4, 0.5) is 0 Å². The second-order valence-electron chi connectivity index (χ2n) is 4.25.